The highest BCUT2D eigenvalue weighted by Crippen LogP contribution is 2.25. The van der Waals surface area contributed by atoms with Crippen molar-refractivity contribution in [3.8, 4) is 0 Å². The highest BCUT2D eigenvalue weighted by molar-refractivity contribution is 5.88. The van der Waals surface area contributed by atoms with Crippen molar-refractivity contribution in [2.45, 2.75) is 77.0 Å². The van der Waals surface area contributed by atoms with E-state index in [0.29, 0.717) is 37.0 Å². The quantitative estimate of drug-likeness (QED) is 0.481. The van der Waals surface area contributed by atoms with Crippen molar-refractivity contribution in [2.24, 2.45) is 11.8 Å². The summed E-state index contributed by atoms with van der Waals surface area (Å²) in [5, 5.41) is 0. The van der Waals surface area contributed by atoms with Gasteiger partial charge in [0.15, 0.2) is 0 Å². The first-order valence-electron chi connectivity index (χ1n) is 9.65. The average Bonchev–Trinajstić information content (AvgIpc) is 2.64. The number of carbonyl (C=O) groups excluding carboxylic acids is 2. The van der Waals surface area contributed by atoms with Crippen LogP contribution in [0.15, 0.2) is 12.2 Å². The molecular formula is C20H32O4. The fourth-order valence-corrected chi connectivity index (χ4v) is 3.64. The zero-order valence-corrected chi connectivity index (χ0v) is 14.9. The minimum Gasteiger partial charge on any atom is -0.465 e. The molecule has 0 aromatic carbocycles. The van der Waals surface area contributed by atoms with Gasteiger partial charge in [0.25, 0.3) is 0 Å². The SMILES string of the molecule is C=C(CCC(=O)OCC1CCCCC1)C(=O)OCC1CCCCC1. The first-order chi connectivity index (χ1) is 11.6. The van der Waals surface area contributed by atoms with Crippen molar-refractivity contribution in [1.29, 1.82) is 0 Å². The summed E-state index contributed by atoms with van der Waals surface area (Å²) in [5.74, 6) is 0.421. The Morgan fingerprint density at radius 3 is 1.79 bits per heavy atom. The zero-order valence-electron chi connectivity index (χ0n) is 14.9. The summed E-state index contributed by atoms with van der Waals surface area (Å²) in [4.78, 5) is 23.7. The Kier molecular flexibility index (Phi) is 8.34. The molecule has 2 saturated carbocycles. The molecule has 0 aliphatic heterocycles. The van der Waals surface area contributed by atoms with Crippen LogP contribution in [0.2, 0.25) is 0 Å². The lowest BCUT2D eigenvalue weighted by atomic mass is 9.90. The highest BCUT2D eigenvalue weighted by atomic mass is 16.5. The van der Waals surface area contributed by atoms with Gasteiger partial charge < -0.3 is 9.47 Å². The Hall–Kier alpha value is -1.32. The highest BCUT2D eigenvalue weighted by Gasteiger charge is 2.18. The van der Waals surface area contributed by atoms with E-state index in [-0.39, 0.29) is 18.4 Å². The van der Waals surface area contributed by atoms with Gasteiger partial charge >= 0.3 is 11.9 Å². The predicted molar refractivity (Wildman–Crippen MR) is 93.4 cm³/mol. The Labute approximate surface area is 146 Å². The summed E-state index contributed by atoms with van der Waals surface area (Å²) in [5.41, 5.74) is 0.375. The number of carbonyl (C=O) groups is 2. The van der Waals surface area contributed by atoms with Crippen molar-refractivity contribution in [2.75, 3.05) is 13.2 Å². The normalized spacial score (nSPS) is 19.7. The second kappa shape index (κ2) is 10.5. The van der Waals surface area contributed by atoms with Crippen molar-refractivity contribution in [3.63, 3.8) is 0 Å². The molecule has 0 atom stereocenters. The Bertz CT molecular complexity index is 417. The van der Waals surface area contributed by atoms with E-state index in [1.165, 1.54) is 38.5 Å². The van der Waals surface area contributed by atoms with Crippen LogP contribution in [0.5, 0.6) is 0 Å². The van der Waals surface area contributed by atoms with Gasteiger partial charge in [-0.15, -0.1) is 0 Å². The van der Waals surface area contributed by atoms with E-state index in [9.17, 15) is 9.59 Å². The second-order valence-corrected chi connectivity index (χ2v) is 7.39. The summed E-state index contributed by atoms with van der Waals surface area (Å²) in [6.45, 7) is 4.77. The first kappa shape index (κ1) is 19.0. The molecule has 0 amide bonds. The fourth-order valence-electron chi connectivity index (χ4n) is 3.64. The smallest absolute Gasteiger partial charge is 0.333 e. The van der Waals surface area contributed by atoms with Crippen LogP contribution in [0.3, 0.4) is 0 Å². The Balaban J connectivity index is 1.55. The van der Waals surface area contributed by atoms with Gasteiger partial charge in [-0.05, 0) is 43.9 Å². The molecule has 2 fully saturated rings. The van der Waals surface area contributed by atoms with Crippen molar-refractivity contribution in [3.05, 3.63) is 12.2 Å². The molecule has 2 aliphatic carbocycles. The lowest BCUT2D eigenvalue weighted by molar-refractivity contribution is -0.145. The minimum absolute atomic E-state index is 0.212. The lowest BCUT2D eigenvalue weighted by Gasteiger charge is -2.21. The maximum absolute atomic E-state index is 11.9. The van der Waals surface area contributed by atoms with Crippen LogP contribution < -0.4 is 0 Å². The standard InChI is InChI=1S/C20H32O4/c1-16(20(22)24-15-18-10-6-3-7-11-18)12-13-19(21)23-14-17-8-4-2-5-9-17/h17-18H,1-15H2. The topological polar surface area (TPSA) is 52.6 Å². The average molecular weight is 336 g/mol. The molecule has 0 radical (unpaired) electrons. The molecule has 2 rings (SSSR count). The summed E-state index contributed by atoms with van der Waals surface area (Å²) < 4.78 is 10.7. The maximum atomic E-state index is 11.9. The van der Waals surface area contributed by atoms with E-state index in [1.807, 2.05) is 0 Å². The van der Waals surface area contributed by atoms with Gasteiger partial charge in [-0.2, -0.15) is 0 Å². The lowest BCUT2D eigenvalue weighted by Crippen LogP contribution is -2.19. The van der Waals surface area contributed by atoms with Crippen LogP contribution in [0.4, 0.5) is 0 Å². The van der Waals surface area contributed by atoms with Crippen molar-refractivity contribution in [1.82, 2.24) is 0 Å². The fraction of sp³-hybridized carbons (Fsp3) is 0.800. The molecule has 0 aromatic heterocycles. The minimum atomic E-state index is -0.361. The molecule has 0 N–H and O–H groups in total. The van der Waals surface area contributed by atoms with E-state index in [1.54, 1.807) is 0 Å². The number of ether oxygens (including phenoxy) is 2. The number of hydrogen-bond acceptors (Lipinski definition) is 4. The Morgan fingerprint density at radius 2 is 1.25 bits per heavy atom. The number of hydrogen-bond donors (Lipinski definition) is 0. The molecule has 2 aliphatic rings. The molecule has 4 nitrogen and oxygen atoms in total. The van der Waals surface area contributed by atoms with Gasteiger partial charge in [-0.1, -0.05) is 45.1 Å². The van der Waals surface area contributed by atoms with Crippen LogP contribution in [0.25, 0.3) is 0 Å². The largest absolute Gasteiger partial charge is 0.465 e. The van der Waals surface area contributed by atoms with Gasteiger partial charge in [0.05, 0.1) is 13.2 Å². The van der Waals surface area contributed by atoms with Crippen LogP contribution in [0.1, 0.15) is 77.0 Å². The molecule has 0 heterocycles. The van der Waals surface area contributed by atoms with Crippen LogP contribution >= 0.6 is 0 Å². The van der Waals surface area contributed by atoms with Crippen molar-refractivity contribution >= 4 is 11.9 Å². The maximum Gasteiger partial charge on any atom is 0.333 e. The molecule has 0 aromatic rings. The molecule has 0 spiro atoms. The molecule has 0 saturated heterocycles. The summed E-state index contributed by atoms with van der Waals surface area (Å²) in [6.07, 6.45) is 12.7. The molecular weight excluding hydrogens is 304 g/mol. The summed E-state index contributed by atoms with van der Waals surface area (Å²) in [7, 11) is 0. The third kappa shape index (κ3) is 7.06. The van der Waals surface area contributed by atoms with Crippen LogP contribution in [-0.2, 0) is 19.1 Å². The number of rotatable bonds is 8. The second-order valence-electron chi connectivity index (χ2n) is 7.39. The van der Waals surface area contributed by atoms with E-state index in [4.69, 9.17) is 9.47 Å². The zero-order chi connectivity index (χ0) is 17.2. The molecule has 0 unspecified atom stereocenters. The summed E-state index contributed by atoms with van der Waals surface area (Å²) >= 11 is 0. The first-order valence-corrected chi connectivity index (χ1v) is 9.65. The van der Waals surface area contributed by atoms with E-state index in [2.05, 4.69) is 6.58 Å². The van der Waals surface area contributed by atoms with E-state index in [0.717, 1.165) is 25.7 Å². The van der Waals surface area contributed by atoms with Gasteiger partial charge in [0.1, 0.15) is 0 Å². The monoisotopic (exact) mass is 336 g/mol. The summed E-state index contributed by atoms with van der Waals surface area (Å²) in [6, 6.07) is 0. The van der Waals surface area contributed by atoms with Crippen molar-refractivity contribution < 1.29 is 19.1 Å². The predicted octanol–water partition coefficient (Wildman–Crippen LogP) is 4.57. The van der Waals surface area contributed by atoms with Crippen LogP contribution in [-0.4, -0.2) is 25.2 Å². The number of esters is 2. The van der Waals surface area contributed by atoms with Gasteiger partial charge in [0, 0.05) is 12.0 Å². The third-order valence-corrected chi connectivity index (χ3v) is 5.30. The van der Waals surface area contributed by atoms with E-state index < -0.39 is 0 Å². The Morgan fingerprint density at radius 1 is 0.750 bits per heavy atom. The van der Waals surface area contributed by atoms with Gasteiger partial charge in [0.2, 0.25) is 0 Å². The van der Waals surface area contributed by atoms with Gasteiger partial charge in [-0.25, -0.2) is 4.79 Å². The molecule has 0 bridgehead atoms. The van der Waals surface area contributed by atoms with Crippen LogP contribution in [0, 0.1) is 11.8 Å². The van der Waals surface area contributed by atoms with Gasteiger partial charge in [-0.3, -0.25) is 4.79 Å². The molecule has 24 heavy (non-hydrogen) atoms. The van der Waals surface area contributed by atoms with E-state index >= 15 is 0 Å². The third-order valence-electron chi connectivity index (χ3n) is 5.30. The molecule has 136 valence electrons. The molecule has 4 heteroatoms.